The maximum Gasteiger partial charge on any atom is 0.350 e. The van der Waals surface area contributed by atoms with Crippen molar-refractivity contribution in [2.45, 2.75) is 37.1 Å². The summed E-state index contributed by atoms with van der Waals surface area (Å²) in [5.41, 5.74) is 0.651. The minimum absolute atomic E-state index is 0.0883. The molecule has 0 unspecified atom stereocenters. The summed E-state index contributed by atoms with van der Waals surface area (Å²) in [5.74, 6) is -0.352. The van der Waals surface area contributed by atoms with Gasteiger partial charge >= 0.3 is 5.69 Å². The van der Waals surface area contributed by atoms with Gasteiger partial charge in [0.2, 0.25) is 10.0 Å². The number of rotatable bonds is 4. The lowest BCUT2D eigenvalue weighted by Gasteiger charge is -2.19. The molecule has 1 saturated heterocycles. The summed E-state index contributed by atoms with van der Waals surface area (Å²) in [7, 11) is -3.65. The van der Waals surface area contributed by atoms with Crippen LogP contribution in [0.2, 0.25) is 0 Å². The lowest BCUT2D eigenvalue weighted by molar-refractivity contribution is 0.423. The van der Waals surface area contributed by atoms with Gasteiger partial charge in [-0.25, -0.2) is 26.7 Å². The highest BCUT2D eigenvalue weighted by atomic mass is 32.2. The summed E-state index contributed by atoms with van der Waals surface area (Å²) in [5, 5.41) is 4.25. The van der Waals surface area contributed by atoms with Gasteiger partial charge in [-0.05, 0) is 42.7 Å². The van der Waals surface area contributed by atoms with Gasteiger partial charge in [0.05, 0.1) is 11.4 Å². The Labute approximate surface area is 162 Å². The number of halogens is 1. The van der Waals surface area contributed by atoms with Crippen LogP contribution in [0.15, 0.2) is 52.3 Å². The molecule has 3 aromatic rings. The van der Waals surface area contributed by atoms with E-state index in [1.165, 1.54) is 43.9 Å². The molecule has 1 aromatic carbocycles. The van der Waals surface area contributed by atoms with Gasteiger partial charge in [0.15, 0.2) is 5.65 Å². The zero-order valence-electron chi connectivity index (χ0n) is 15.3. The van der Waals surface area contributed by atoms with Crippen molar-refractivity contribution in [1.29, 1.82) is 0 Å². The van der Waals surface area contributed by atoms with Gasteiger partial charge in [0.1, 0.15) is 5.82 Å². The highest BCUT2D eigenvalue weighted by molar-refractivity contribution is 7.89. The largest absolute Gasteiger partial charge is 0.350 e. The fraction of sp³-hybridized carbons (Fsp3) is 0.368. The molecule has 0 amide bonds. The third-order valence-electron chi connectivity index (χ3n) is 5.00. The molecule has 0 atom stereocenters. The molecule has 0 saturated carbocycles. The number of benzene rings is 1. The van der Waals surface area contributed by atoms with Crippen LogP contribution in [-0.4, -0.2) is 40.0 Å². The Kier molecular flexibility index (Phi) is 5.03. The predicted octanol–water partition coefficient (Wildman–Crippen LogP) is 2.25. The first-order valence-electron chi connectivity index (χ1n) is 9.29. The van der Waals surface area contributed by atoms with Gasteiger partial charge in [-0.15, -0.1) is 5.10 Å². The Morgan fingerprint density at radius 1 is 0.964 bits per heavy atom. The third-order valence-corrected chi connectivity index (χ3v) is 6.88. The number of aromatic nitrogens is 3. The van der Waals surface area contributed by atoms with E-state index in [1.54, 1.807) is 12.1 Å². The minimum Gasteiger partial charge on any atom is -0.249 e. The molecule has 2 aromatic heterocycles. The van der Waals surface area contributed by atoms with Gasteiger partial charge in [0, 0.05) is 19.3 Å². The molecule has 0 aliphatic carbocycles. The fourth-order valence-corrected chi connectivity index (χ4v) is 4.96. The predicted molar refractivity (Wildman–Crippen MR) is 102 cm³/mol. The van der Waals surface area contributed by atoms with Crippen LogP contribution in [0.3, 0.4) is 0 Å². The van der Waals surface area contributed by atoms with E-state index in [0.717, 1.165) is 31.2 Å². The van der Waals surface area contributed by atoms with E-state index in [9.17, 15) is 17.6 Å². The second-order valence-corrected chi connectivity index (χ2v) is 8.92. The summed E-state index contributed by atoms with van der Waals surface area (Å²) in [6.45, 7) is 1.17. The quantitative estimate of drug-likeness (QED) is 0.668. The molecule has 0 radical (unpaired) electrons. The molecule has 0 N–H and O–H groups in total. The summed E-state index contributed by atoms with van der Waals surface area (Å²) >= 11 is 0. The van der Waals surface area contributed by atoms with Gasteiger partial charge < -0.3 is 0 Å². The number of sulfonamides is 1. The van der Waals surface area contributed by atoms with Crippen LogP contribution in [0, 0.1) is 5.82 Å². The maximum absolute atomic E-state index is 13.1. The molecule has 0 bridgehead atoms. The summed E-state index contributed by atoms with van der Waals surface area (Å²) < 4.78 is 43.0. The van der Waals surface area contributed by atoms with Crippen LogP contribution >= 0.6 is 0 Å². The maximum atomic E-state index is 13.1. The first-order valence-corrected chi connectivity index (χ1v) is 10.7. The van der Waals surface area contributed by atoms with Crippen LogP contribution in [-0.2, 0) is 16.6 Å². The molecule has 28 heavy (non-hydrogen) atoms. The molecule has 148 valence electrons. The zero-order valence-corrected chi connectivity index (χ0v) is 16.1. The fourth-order valence-electron chi connectivity index (χ4n) is 3.45. The molecule has 1 fully saturated rings. The number of hydrogen-bond acceptors (Lipinski definition) is 4. The van der Waals surface area contributed by atoms with Crippen LogP contribution in [0.4, 0.5) is 4.39 Å². The average Bonchev–Trinajstić information content (AvgIpc) is 2.87. The molecule has 1 aliphatic heterocycles. The topological polar surface area (TPSA) is 76.7 Å². The lowest BCUT2D eigenvalue weighted by atomic mass is 10.2. The average molecular weight is 404 g/mol. The van der Waals surface area contributed by atoms with E-state index in [4.69, 9.17) is 0 Å². The standard InChI is InChI=1S/C19H21FN4O3S/c20-16-7-5-15(6-8-16)13-24-19(25)23-14-17(9-10-18(23)21-24)28(26,27)22-11-3-1-2-4-12-22/h5-10,14H,1-4,11-13H2. The first-order chi connectivity index (χ1) is 13.4. The monoisotopic (exact) mass is 404 g/mol. The van der Waals surface area contributed by atoms with E-state index in [-0.39, 0.29) is 17.3 Å². The minimum atomic E-state index is -3.65. The van der Waals surface area contributed by atoms with Gasteiger partial charge in [-0.2, -0.15) is 4.31 Å². The van der Waals surface area contributed by atoms with Crippen LogP contribution < -0.4 is 5.69 Å². The number of nitrogens with zero attached hydrogens (tertiary/aromatic N) is 4. The molecular formula is C19H21FN4O3S. The Hall–Kier alpha value is -2.52. The second-order valence-electron chi connectivity index (χ2n) is 6.98. The normalized spacial score (nSPS) is 16.3. The highest BCUT2D eigenvalue weighted by Crippen LogP contribution is 2.20. The molecule has 7 nitrogen and oxygen atoms in total. The van der Waals surface area contributed by atoms with Crippen LogP contribution in [0.5, 0.6) is 0 Å². The zero-order chi connectivity index (χ0) is 19.7. The van der Waals surface area contributed by atoms with Crippen LogP contribution in [0.25, 0.3) is 5.65 Å². The second kappa shape index (κ2) is 7.48. The SMILES string of the molecule is O=c1n(Cc2ccc(F)cc2)nc2ccc(S(=O)(=O)N3CCCCCC3)cn12. The van der Waals surface area contributed by atoms with E-state index >= 15 is 0 Å². The van der Waals surface area contributed by atoms with Gasteiger partial charge in [-0.1, -0.05) is 25.0 Å². The number of pyridine rings is 1. The van der Waals surface area contributed by atoms with Crippen molar-refractivity contribution >= 4 is 15.7 Å². The van der Waals surface area contributed by atoms with E-state index in [0.29, 0.717) is 18.7 Å². The van der Waals surface area contributed by atoms with Crippen molar-refractivity contribution in [3.8, 4) is 0 Å². The third kappa shape index (κ3) is 3.59. The Morgan fingerprint density at radius 3 is 2.32 bits per heavy atom. The molecule has 3 heterocycles. The van der Waals surface area contributed by atoms with Crippen molar-refractivity contribution in [2.75, 3.05) is 13.1 Å². The van der Waals surface area contributed by atoms with Crippen molar-refractivity contribution in [3.63, 3.8) is 0 Å². The molecule has 9 heteroatoms. The van der Waals surface area contributed by atoms with Gasteiger partial charge in [-0.3, -0.25) is 0 Å². The van der Waals surface area contributed by atoms with E-state index < -0.39 is 15.7 Å². The Morgan fingerprint density at radius 2 is 1.64 bits per heavy atom. The van der Waals surface area contributed by atoms with Crippen molar-refractivity contribution < 1.29 is 12.8 Å². The lowest BCUT2D eigenvalue weighted by Crippen LogP contribution is -2.32. The van der Waals surface area contributed by atoms with Gasteiger partial charge in [0.25, 0.3) is 0 Å². The van der Waals surface area contributed by atoms with Crippen molar-refractivity contribution in [3.05, 3.63) is 64.5 Å². The summed E-state index contributed by atoms with van der Waals surface area (Å²) in [6, 6.07) is 8.84. The smallest absolute Gasteiger partial charge is 0.249 e. The summed E-state index contributed by atoms with van der Waals surface area (Å²) in [4.78, 5) is 12.8. The highest BCUT2D eigenvalue weighted by Gasteiger charge is 2.26. The number of hydrogen-bond donors (Lipinski definition) is 0. The Bertz CT molecular complexity index is 1140. The van der Waals surface area contributed by atoms with E-state index in [2.05, 4.69) is 5.10 Å². The van der Waals surface area contributed by atoms with E-state index in [1.807, 2.05) is 0 Å². The molecular weight excluding hydrogens is 383 g/mol. The number of fused-ring (bicyclic) bond motifs is 1. The van der Waals surface area contributed by atoms with Crippen molar-refractivity contribution in [1.82, 2.24) is 18.5 Å². The summed E-state index contributed by atoms with van der Waals surface area (Å²) in [6.07, 6.45) is 5.08. The molecule has 4 rings (SSSR count). The Balaban J connectivity index is 1.68. The molecule has 1 aliphatic rings. The first kappa shape index (κ1) is 18.8. The van der Waals surface area contributed by atoms with Crippen LogP contribution in [0.1, 0.15) is 31.2 Å². The molecule has 0 spiro atoms. The van der Waals surface area contributed by atoms with Crippen molar-refractivity contribution in [2.24, 2.45) is 0 Å².